The Balaban J connectivity index is 1.33. The van der Waals surface area contributed by atoms with Crippen molar-refractivity contribution in [2.24, 2.45) is 21.9 Å². The zero-order valence-corrected chi connectivity index (χ0v) is 42.0. The fourth-order valence-electron chi connectivity index (χ4n) is 11.5. The highest BCUT2D eigenvalue weighted by molar-refractivity contribution is 5.97. The van der Waals surface area contributed by atoms with Gasteiger partial charge in [-0.3, -0.25) is 19.2 Å². The van der Waals surface area contributed by atoms with Gasteiger partial charge in [0.05, 0.1) is 29.5 Å². The zero-order valence-electron chi connectivity index (χ0n) is 42.0. The first-order valence-electron chi connectivity index (χ1n) is 24.0. The summed E-state index contributed by atoms with van der Waals surface area (Å²) >= 11 is 0. The minimum Gasteiger partial charge on any atom is -0.457 e. The largest absolute Gasteiger partial charge is 0.457 e. The Labute approximate surface area is 436 Å². The number of aliphatic hydroxyl groups is 2. The number of nitrogens with zero attached hydrogens (tertiary/aromatic N) is 3. The van der Waals surface area contributed by atoms with E-state index in [1.165, 1.54) is 69.3 Å². The third kappa shape index (κ3) is 9.36. The summed E-state index contributed by atoms with van der Waals surface area (Å²) in [6, 6.07) is 21.4. The third-order valence-corrected chi connectivity index (χ3v) is 15.3. The second-order valence-corrected chi connectivity index (χ2v) is 19.9. The lowest BCUT2D eigenvalue weighted by molar-refractivity contribution is -0.345. The van der Waals surface area contributed by atoms with Crippen molar-refractivity contribution in [3.63, 3.8) is 0 Å². The maximum Gasteiger partial charge on any atom is 0.344 e. The summed E-state index contributed by atoms with van der Waals surface area (Å²) in [6.45, 7) is 6.50. The number of azide groups is 1. The van der Waals surface area contributed by atoms with Crippen molar-refractivity contribution in [1.29, 1.82) is 0 Å². The summed E-state index contributed by atoms with van der Waals surface area (Å²) in [5.74, 6) is -20.2. The molecule has 11 atom stereocenters. The number of fused-ring (bicyclic) bond motifs is 5. The number of ketones is 1. The first-order valence-corrected chi connectivity index (χ1v) is 24.0. The number of halogens is 4. The minimum absolute atomic E-state index is 0.0706. The summed E-state index contributed by atoms with van der Waals surface area (Å²) in [6.07, 6.45) is -13.6. The first kappa shape index (κ1) is 55.3. The van der Waals surface area contributed by atoms with E-state index in [-0.39, 0.29) is 27.8 Å². The number of rotatable bonds is 13. The molecule has 2 bridgehead atoms. The molecule has 1 aliphatic heterocycles. The molecular formula is C54H50F4N4O15. The van der Waals surface area contributed by atoms with Gasteiger partial charge in [0.25, 0.3) is 5.91 Å². The van der Waals surface area contributed by atoms with E-state index in [2.05, 4.69) is 15.3 Å². The molecule has 2 saturated carbocycles. The molecule has 3 N–H and O–H groups in total. The molecule has 19 nitrogen and oxygen atoms in total. The lowest BCUT2D eigenvalue weighted by Gasteiger charge is -2.67. The number of nitrogens with one attached hydrogen (secondary N) is 1. The number of carbonyl (C=O) groups excluding carboxylic acids is 7. The lowest BCUT2D eigenvalue weighted by Crippen LogP contribution is -2.82. The van der Waals surface area contributed by atoms with Crippen LogP contribution in [0.5, 0.6) is 0 Å². The average molecular weight is 1070 g/mol. The van der Waals surface area contributed by atoms with E-state index in [1.54, 1.807) is 42.5 Å². The Morgan fingerprint density at radius 1 is 0.792 bits per heavy atom. The molecule has 0 unspecified atom stereocenters. The molecule has 0 radical (unpaired) electrons. The van der Waals surface area contributed by atoms with E-state index in [0.717, 1.165) is 20.8 Å². The fourth-order valence-corrected chi connectivity index (χ4v) is 11.5. The Morgan fingerprint density at radius 3 is 1.90 bits per heavy atom. The van der Waals surface area contributed by atoms with Gasteiger partial charge in [-0.2, -0.15) is 0 Å². The van der Waals surface area contributed by atoms with Crippen molar-refractivity contribution in [2.45, 2.75) is 108 Å². The van der Waals surface area contributed by atoms with E-state index < -0.39 is 166 Å². The van der Waals surface area contributed by atoms with Gasteiger partial charge in [-0.05, 0) is 60.4 Å². The van der Waals surface area contributed by atoms with Crippen LogP contribution in [0.4, 0.5) is 23.2 Å². The number of hydrogen-bond acceptors (Lipinski definition) is 16. The van der Waals surface area contributed by atoms with Gasteiger partial charge < -0.3 is 44.0 Å². The highest BCUT2D eigenvalue weighted by Gasteiger charge is 2.79. The smallest absolute Gasteiger partial charge is 0.344 e. The molecule has 1 heterocycles. The van der Waals surface area contributed by atoms with Gasteiger partial charge in [-0.25, -0.2) is 31.9 Å². The van der Waals surface area contributed by atoms with E-state index in [9.17, 15) is 39.0 Å². The van der Waals surface area contributed by atoms with Crippen LogP contribution in [0.1, 0.15) is 97.1 Å². The summed E-state index contributed by atoms with van der Waals surface area (Å²) < 4.78 is 97.9. The Morgan fingerprint density at radius 2 is 1.36 bits per heavy atom. The SMILES string of the molecule is CC(=O)O[C@H]1C(=O)[C@]2(C)[C@@H](OC(=O)c3c(F)c(F)c(N=[N+]=[N-])c(F)c3F)C[C@H]3OC[C@@]3(OC(C)=O)[C@H]2[C@H](OC(=O)c2ccccc2)[C@]2(O)C[C@H](OC(=O)[C@H](O)[C@@H](NC(=O)c3ccccc3)c3ccccc3)C(C)=C1C2(C)C. The Hall–Kier alpha value is -7.98. The molecule has 1 amide bonds. The maximum absolute atomic E-state index is 16.2. The molecule has 23 heteroatoms. The predicted octanol–water partition coefficient (Wildman–Crippen LogP) is 7.10. The molecule has 4 aromatic carbocycles. The first-order chi connectivity index (χ1) is 36.3. The summed E-state index contributed by atoms with van der Waals surface area (Å²) in [7, 11) is 0. The monoisotopic (exact) mass is 1070 g/mol. The fraction of sp³-hybridized carbons (Fsp3) is 0.389. The average Bonchev–Trinajstić information content (AvgIpc) is 3.59. The predicted molar refractivity (Wildman–Crippen MR) is 256 cm³/mol. The lowest BCUT2D eigenvalue weighted by atomic mass is 9.44. The highest BCUT2D eigenvalue weighted by atomic mass is 19.2. The number of aliphatic hydroxyl groups excluding tert-OH is 1. The number of ether oxygens (including phenoxy) is 6. The van der Waals surface area contributed by atoms with E-state index in [4.69, 9.17) is 34.0 Å². The van der Waals surface area contributed by atoms with Crippen molar-refractivity contribution in [2.75, 3.05) is 6.61 Å². The molecule has 4 aliphatic rings. The number of Topliss-reactive ketones (excluding diaryl/α,β-unsaturated/α-hetero) is 1. The molecule has 0 aromatic heterocycles. The topological polar surface area (TPSA) is 276 Å². The molecule has 404 valence electrons. The van der Waals surface area contributed by atoms with Crippen LogP contribution in [0.2, 0.25) is 0 Å². The molecule has 3 fully saturated rings. The van der Waals surface area contributed by atoms with Gasteiger partial charge in [-0.15, -0.1) is 0 Å². The summed E-state index contributed by atoms with van der Waals surface area (Å²) in [5, 5.41) is 31.2. The second kappa shape index (κ2) is 20.9. The molecule has 1 saturated heterocycles. The van der Waals surface area contributed by atoms with Gasteiger partial charge in [0.1, 0.15) is 41.3 Å². The number of hydrogen-bond donors (Lipinski definition) is 3. The molecule has 3 aliphatic carbocycles. The Bertz CT molecular complexity index is 3130. The van der Waals surface area contributed by atoms with Crippen molar-refractivity contribution in [3.05, 3.63) is 158 Å². The van der Waals surface area contributed by atoms with Gasteiger partial charge in [-0.1, -0.05) is 85.7 Å². The molecule has 0 spiro atoms. The van der Waals surface area contributed by atoms with Gasteiger partial charge in [0, 0.05) is 42.6 Å². The number of esters is 5. The summed E-state index contributed by atoms with van der Waals surface area (Å²) in [5.41, 5.74) is -4.57. The number of benzene rings is 4. The zero-order chi connectivity index (χ0) is 56.1. The van der Waals surface area contributed by atoms with Gasteiger partial charge in [0.15, 0.2) is 46.9 Å². The van der Waals surface area contributed by atoms with Gasteiger partial charge in [0.2, 0.25) is 0 Å². The summed E-state index contributed by atoms with van der Waals surface area (Å²) in [4.78, 5) is 102. The van der Waals surface area contributed by atoms with Crippen molar-refractivity contribution in [3.8, 4) is 0 Å². The normalized spacial score (nSPS) is 27.7. The standard InChI is InChI=1S/C54H50F4N4O15/c1-25-31(74-50(70)42(65)40(28-16-10-7-11-17-28)60-47(67)29-18-12-8-13-19-29)23-54(71)46(76-48(68)30-20-14-9-15-21-30)44-52(6,45(66)43(73-26(2)63)35(25)51(54,4)5)32(22-33-53(44,24-72-33)77-27(3)64)75-49(69)34-36(55)38(57)41(61-62-59)39(58)37(34)56/h7-21,31-33,40,42-44,46,65,71H,22-24H2,1-6H3,(H,60,67)/t31-,32-,33+,40-,42+,43+,44-,46-,52+,53-,54+/m0/s1. The second-order valence-electron chi connectivity index (χ2n) is 19.9. The van der Waals surface area contributed by atoms with Crippen molar-refractivity contribution < 1.29 is 89.8 Å². The molecule has 4 aromatic rings. The van der Waals surface area contributed by atoms with E-state index >= 15 is 22.4 Å². The van der Waals surface area contributed by atoms with Gasteiger partial charge >= 0.3 is 29.8 Å². The maximum atomic E-state index is 16.2. The van der Waals surface area contributed by atoms with Crippen molar-refractivity contribution >= 4 is 47.2 Å². The van der Waals surface area contributed by atoms with Crippen LogP contribution in [0.15, 0.2) is 107 Å². The Kier molecular flexibility index (Phi) is 15.0. The number of amides is 1. The molecular weight excluding hydrogens is 1020 g/mol. The quantitative estimate of drug-likeness (QED) is 0.0176. The van der Waals surface area contributed by atoms with Crippen LogP contribution < -0.4 is 5.32 Å². The van der Waals surface area contributed by atoms with Crippen LogP contribution in [-0.2, 0) is 47.6 Å². The molecule has 77 heavy (non-hydrogen) atoms. The van der Waals surface area contributed by atoms with Crippen LogP contribution >= 0.6 is 0 Å². The van der Waals surface area contributed by atoms with Crippen LogP contribution in [-0.4, -0.2) is 106 Å². The minimum atomic E-state index is -2.74. The van der Waals surface area contributed by atoms with Crippen LogP contribution in [0, 0.1) is 40.0 Å². The van der Waals surface area contributed by atoms with E-state index in [0.29, 0.717) is 0 Å². The molecule has 8 rings (SSSR count). The van der Waals surface area contributed by atoms with Crippen LogP contribution in [0.3, 0.4) is 0 Å². The highest BCUT2D eigenvalue weighted by Crippen LogP contribution is 2.65. The third-order valence-electron chi connectivity index (χ3n) is 15.3. The number of carbonyl (C=O) groups is 7. The van der Waals surface area contributed by atoms with Crippen LogP contribution in [0.25, 0.3) is 10.4 Å². The van der Waals surface area contributed by atoms with Crippen molar-refractivity contribution in [1.82, 2.24) is 5.32 Å². The van der Waals surface area contributed by atoms with E-state index in [1.807, 2.05) is 0 Å².